The Hall–Kier alpha value is -0.730. The summed E-state index contributed by atoms with van der Waals surface area (Å²) in [6.45, 7) is 2.17. The van der Waals surface area contributed by atoms with Crippen LogP contribution in [0, 0.1) is 11.8 Å². The van der Waals surface area contributed by atoms with Crippen molar-refractivity contribution in [1.29, 1.82) is 0 Å². The minimum atomic E-state index is -0.276. The first-order valence-electron chi connectivity index (χ1n) is 5.62. The minimum Gasteiger partial charge on any atom is -0.496 e. The zero-order valence-electron chi connectivity index (χ0n) is 9.61. The molecule has 2 rings (SSSR count). The molecule has 16 heavy (non-hydrogen) atoms. The molecule has 3 atom stereocenters. The van der Waals surface area contributed by atoms with Crippen LogP contribution in [0.25, 0.3) is 0 Å². The van der Waals surface area contributed by atoms with Crippen LogP contribution in [0.15, 0.2) is 18.2 Å². The normalized spacial score (nSPS) is 25.2. The molecule has 0 bridgehead atoms. The van der Waals surface area contributed by atoms with Gasteiger partial charge in [0.05, 0.1) is 13.2 Å². The highest BCUT2D eigenvalue weighted by atomic mass is 35.5. The molecular weight excluding hydrogens is 224 g/mol. The van der Waals surface area contributed by atoms with Gasteiger partial charge >= 0.3 is 0 Å². The molecule has 0 saturated heterocycles. The van der Waals surface area contributed by atoms with Crippen molar-refractivity contribution in [3.8, 4) is 5.75 Å². The molecule has 0 radical (unpaired) electrons. The third-order valence-corrected chi connectivity index (χ3v) is 3.57. The summed E-state index contributed by atoms with van der Waals surface area (Å²) < 4.78 is 5.26. The first-order chi connectivity index (χ1) is 7.61. The quantitative estimate of drug-likeness (QED) is 0.877. The molecule has 1 saturated carbocycles. The topological polar surface area (TPSA) is 29.5 Å². The molecule has 0 amide bonds. The maximum absolute atomic E-state index is 10.0. The summed E-state index contributed by atoms with van der Waals surface area (Å²) in [4.78, 5) is 0. The first-order valence-corrected chi connectivity index (χ1v) is 6.00. The number of hydrogen-bond acceptors (Lipinski definition) is 2. The second-order valence-electron chi connectivity index (χ2n) is 4.60. The van der Waals surface area contributed by atoms with Crippen molar-refractivity contribution >= 4 is 11.6 Å². The van der Waals surface area contributed by atoms with E-state index in [0.717, 1.165) is 17.7 Å². The summed E-state index contributed by atoms with van der Waals surface area (Å²) in [5.41, 5.74) is 0.988. The zero-order chi connectivity index (χ0) is 11.7. The van der Waals surface area contributed by atoms with Crippen molar-refractivity contribution in [2.45, 2.75) is 25.9 Å². The van der Waals surface area contributed by atoms with Gasteiger partial charge in [0.25, 0.3) is 0 Å². The van der Waals surface area contributed by atoms with E-state index in [-0.39, 0.29) is 6.10 Å². The van der Waals surface area contributed by atoms with E-state index in [9.17, 15) is 5.11 Å². The molecule has 0 aliphatic heterocycles. The molecule has 3 unspecified atom stereocenters. The van der Waals surface area contributed by atoms with Crippen molar-refractivity contribution in [3.63, 3.8) is 0 Å². The maximum Gasteiger partial charge on any atom is 0.122 e. The van der Waals surface area contributed by atoms with Crippen LogP contribution in [0.1, 0.15) is 18.9 Å². The monoisotopic (exact) mass is 240 g/mol. The predicted octanol–water partition coefficient (Wildman–Crippen LogP) is 2.91. The van der Waals surface area contributed by atoms with E-state index in [1.165, 1.54) is 0 Å². The molecule has 1 fully saturated rings. The highest BCUT2D eigenvalue weighted by Gasteiger charge is 2.38. The van der Waals surface area contributed by atoms with E-state index in [1.54, 1.807) is 13.2 Å². The number of halogens is 1. The van der Waals surface area contributed by atoms with Crippen molar-refractivity contribution in [1.82, 2.24) is 0 Å². The van der Waals surface area contributed by atoms with Crippen LogP contribution in [-0.4, -0.2) is 18.3 Å². The van der Waals surface area contributed by atoms with E-state index >= 15 is 0 Å². The predicted molar refractivity (Wildman–Crippen MR) is 65.0 cm³/mol. The number of ether oxygens (including phenoxy) is 1. The van der Waals surface area contributed by atoms with Crippen molar-refractivity contribution in [2.24, 2.45) is 11.8 Å². The smallest absolute Gasteiger partial charge is 0.122 e. The van der Waals surface area contributed by atoms with Crippen molar-refractivity contribution in [3.05, 3.63) is 28.8 Å². The molecule has 1 aliphatic rings. The fraction of sp³-hybridized carbons (Fsp3) is 0.538. The summed E-state index contributed by atoms with van der Waals surface area (Å²) in [6, 6.07) is 5.52. The van der Waals surface area contributed by atoms with Gasteiger partial charge in [-0.1, -0.05) is 18.5 Å². The van der Waals surface area contributed by atoms with Gasteiger partial charge in [0.2, 0.25) is 0 Å². The first kappa shape index (κ1) is 11.7. The van der Waals surface area contributed by atoms with Gasteiger partial charge in [-0.15, -0.1) is 0 Å². The summed E-state index contributed by atoms with van der Waals surface area (Å²) in [5, 5.41) is 10.7. The molecule has 2 nitrogen and oxygen atoms in total. The van der Waals surface area contributed by atoms with Crippen LogP contribution in [0.4, 0.5) is 0 Å². The van der Waals surface area contributed by atoms with E-state index in [1.807, 2.05) is 12.1 Å². The van der Waals surface area contributed by atoms with Gasteiger partial charge in [-0.05, 0) is 42.0 Å². The number of aliphatic hydroxyl groups is 1. The highest BCUT2D eigenvalue weighted by molar-refractivity contribution is 6.30. The molecule has 1 N–H and O–H groups in total. The molecule has 1 aromatic carbocycles. The summed E-state index contributed by atoms with van der Waals surface area (Å²) in [6.07, 6.45) is 1.48. The van der Waals surface area contributed by atoms with Gasteiger partial charge in [0.15, 0.2) is 0 Å². The Morgan fingerprint density at radius 1 is 1.56 bits per heavy atom. The average molecular weight is 241 g/mol. The van der Waals surface area contributed by atoms with Gasteiger partial charge in [-0.3, -0.25) is 0 Å². The third-order valence-electron chi connectivity index (χ3n) is 3.34. The van der Waals surface area contributed by atoms with E-state index in [2.05, 4.69) is 6.92 Å². The van der Waals surface area contributed by atoms with Gasteiger partial charge in [-0.25, -0.2) is 0 Å². The SMILES string of the molecule is COc1ccc(Cl)cc1CC(O)C1CC1C. The van der Waals surface area contributed by atoms with Gasteiger partial charge in [0, 0.05) is 11.4 Å². The number of methoxy groups -OCH3 is 1. The second kappa shape index (κ2) is 4.64. The van der Waals surface area contributed by atoms with E-state index < -0.39 is 0 Å². The lowest BCUT2D eigenvalue weighted by Gasteiger charge is -2.13. The molecule has 3 heteroatoms. The number of benzene rings is 1. The maximum atomic E-state index is 10.0. The Balaban J connectivity index is 2.10. The molecule has 1 aliphatic carbocycles. The van der Waals surface area contributed by atoms with Crippen LogP contribution in [-0.2, 0) is 6.42 Å². The zero-order valence-corrected chi connectivity index (χ0v) is 10.4. The van der Waals surface area contributed by atoms with Crippen LogP contribution in [0.5, 0.6) is 5.75 Å². The van der Waals surface area contributed by atoms with Crippen LogP contribution in [0.3, 0.4) is 0 Å². The van der Waals surface area contributed by atoms with Gasteiger partial charge < -0.3 is 9.84 Å². The Morgan fingerprint density at radius 3 is 2.81 bits per heavy atom. The fourth-order valence-electron chi connectivity index (χ4n) is 2.17. The molecule has 0 spiro atoms. The Labute approximate surface area is 101 Å². The summed E-state index contributed by atoms with van der Waals surface area (Å²) in [5.74, 6) is 1.90. The molecule has 0 aromatic heterocycles. The third kappa shape index (κ3) is 2.50. The van der Waals surface area contributed by atoms with Crippen LogP contribution >= 0.6 is 11.6 Å². The summed E-state index contributed by atoms with van der Waals surface area (Å²) in [7, 11) is 1.64. The molecule has 1 aromatic rings. The van der Waals surface area contributed by atoms with Gasteiger partial charge in [-0.2, -0.15) is 0 Å². The largest absolute Gasteiger partial charge is 0.496 e. The number of aliphatic hydroxyl groups excluding tert-OH is 1. The average Bonchev–Trinajstić information content (AvgIpc) is 2.96. The van der Waals surface area contributed by atoms with Crippen LogP contribution in [0.2, 0.25) is 5.02 Å². The molecular formula is C13H17ClO2. The highest BCUT2D eigenvalue weighted by Crippen LogP contribution is 2.42. The Morgan fingerprint density at radius 2 is 2.25 bits per heavy atom. The number of rotatable bonds is 4. The molecule has 88 valence electrons. The Kier molecular flexibility index (Phi) is 3.41. The van der Waals surface area contributed by atoms with E-state index in [4.69, 9.17) is 16.3 Å². The fourth-order valence-corrected chi connectivity index (χ4v) is 2.37. The van der Waals surface area contributed by atoms with Crippen LogP contribution < -0.4 is 4.74 Å². The second-order valence-corrected chi connectivity index (χ2v) is 5.04. The lowest BCUT2D eigenvalue weighted by atomic mass is 10.0. The van der Waals surface area contributed by atoms with Gasteiger partial charge in [0.1, 0.15) is 5.75 Å². The lowest BCUT2D eigenvalue weighted by Crippen LogP contribution is -2.14. The molecule has 0 heterocycles. The standard InChI is InChI=1S/C13H17ClO2/c1-8-5-11(8)12(15)7-9-6-10(14)3-4-13(9)16-2/h3-4,6,8,11-12,15H,5,7H2,1-2H3. The minimum absolute atomic E-state index is 0.276. The van der Waals surface area contributed by atoms with Crippen molar-refractivity contribution < 1.29 is 9.84 Å². The lowest BCUT2D eigenvalue weighted by molar-refractivity contribution is 0.145. The summed E-state index contributed by atoms with van der Waals surface area (Å²) >= 11 is 5.94. The van der Waals surface area contributed by atoms with Crippen molar-refractivity contribution in [2.75, 3.05) is 7.11 Å². The number of hydrogen-bond donors (Lipinski definition) is 1. The van der Waals surface area contributed by atoms with E-state index in [0.29, 0.717) is 23.3 Å². The Bertz CT molecular complexity index is 378.